The summed E-state index contributed by atoms with van der Waals surface area (Å²) in [5, 5.41) is 0. The molecule has 0 amide bonds. The standard InChI is InChI=1S/C16H30/c1-3-5-6-8-12-15(11-4-2)16-13-9-7-10-14-16/h8,12,15-16H,3-7,9-11,13-14H2,1-2H3/b12-8-. The molecule has 1 atom stereocenters. The van der Waals surface area contributed by atoms with Crippen LogP contribution < -0.4 is 0 Å². The Bertz CT molecular complexity index is 174. The van der Waals surface area contributed by atoms with Crippen molar-refractivity contribution in [2.75, 3.05) is 0 Å². The van der Waals surface area contributed by atoms with Gasteiger partial charge in [0.1, 0.15) is 0 Å². The molecule has 1 rings (SSSR count). The molecule has 0 aromatic heterocycles. The maximum Gasteiger partial charge on any atom is -0.0205 e. The zero-order valence-electron chi connectivity index (χ0n) is 11.4. The van der Waals surface area contributed by atoms with Crippen molar-refractivity contribution in [1.82, 2.24) is 0 Å². The molecule has 1 unspecified atom stereocenters. The number of rotatable bonds is 7. The number of hydrogen-bond acceptors (Lipinski definition) is 0. The van der Waals surface area contributed by atoms with Crippen LogP contribution >= 0.6 is 0 Å². The highest BCUT2D eigenvalue weighted by molar-refractivity contribution is 4.92. The van der Waals surface area contributed by atoms with Gasteiger partial charge in [-0.05, 0) is 37.5 Å². The predicted octanol–water partition coefficient (Wildman–Crippen LogP) is 5.73. The van der Waals surface area contributed by atoms with Crippen LogP contribution in [0, 0.1) is 11.8 Å². The SMILES string of the molecule is CCCC/C=C\C(CCC)C1CCCCC1. The number of allylic oxidation sites excluding steroid dienone is 2. The fourth-order valence-corrected chi connectivity index (χ4v) is 2.98. The molecular formula is C16H30. The van der Waals surface area contributed by atoms with Crippen molar-refractivity contribution >= 4 is 0 Å². The van der Waals surface area contributed by atoms with Gasteiger partial charge in [0.2, 0.25) is 0 Å². The number of hydrogen-bond donors (Lipinski definition) is 0. The Hall–Kier alpha value is -0.260. The van der Waals surface area contributed by atoms with Crippen molar-refractivity contribution in [3.05, 3.63) is 12.2 Å². The third-order valence-electron chi connectivity index (χ3n) is 3.98. The minimum Gasteiger partial charge on any atom is -0.0882 e. The molecule has 1 aliphatic carbocycles. The summed E-state index contributed by atoms with van der Waals surface area (Å²) in [5.41, 5.74) is 0. The van der Waals surface area contributed by atoms with E-state index in [1.807, 2.05) is 0 Å². The summed E-state index contributed by atoms with van der Waals surface area (Å²) in [6, 6.07) is 0. The van der Waals surface area contributed by atoms with Gasteiger partial charge in [0.05, 0.1) is 0 Å². The van der Waals surface area contributed by atoms with E-state index in [-0.39, 0.29) is 0 Å². The lowest BCUT2D eigenvalue weighted by molar-refractivity contribution is 0.274. The molecular weight excluding hydrogens is 192 g/mol. The maximum atomic E-state index is 2.55. The van der Waals surface area contributed by atoms with E-state index in [1.54, 1.807) is 0 Å². The zero-order valence-corrected chi connectivity index (χ0v) is 11.4. The second-order valence-corrected chi connectivity index (χ2v) is 5.42. The molecule has 0 radical (unpaired) electrons. The Labute approximate surface area is 103 Å². The average Bonchev–Trinajstić information content (AvgIpc) is 2.34. The lowest BCUT2D eigenvalue weighted by Gasteiger charge is -2.28. The minimum absolute atomic E-state index is 0.891. The van der Waals surface area contributed by atoms with Gasteiger partial charge in [0.15, 0.2) is 0 Å². The minimum atomic E-state index is 0.891. The summed E-state index contributed by atoms with van der Waals surface area (Å²) in [4.78, 5) is 0. The van der Waals surface area contributed by atoms with Crippen molar-refractivity contribution in [2.45, 2.75) is 78.1 Å². The summed E-state index contributed by atoms with van der Waals surface area (Å²) < 4.78 is 0. The van der Waals surface area contributed by atoms with Crippen LogP contribution in [0.5, 0.6) is 0 Å². The zero-order chi connectivity index (χ0) is 11.6. The lowest BCUT2D eigenvalue weighted by Crippen LogP contribution is -2.16. The van der Waals surface area contributed by atoms with E-state index >= 15 is 0 Å². The van der Waals surface area contributed by atoms with Crippen molar-refractivity contribution < 1.29 is 0 Å². The Kier molecular flexibility index (Phi) is 7.63. The second-order valence-electron chi connectivity index (χ2n) is 5.42. The van der Waals surface area contributed by atoms with Gasteiger partial charge < -0.3 is 0 Å². The van der Waals surface area contributed by atoms with E-state index in [9.17, 15) is 0 Å². The van der Waals surface area contributed by atoms with Crippen LogP contribution in [0.2, 0.25) is 0 Å². The number of unbranched alkanes of at least 4 members (excludes halogenated alkanes) is 2. The second kappa shape index (κ2) is 8.84. The van der Waals surface area contributed by atoms with Gasteiger partial charge >= 0.3 is 0 Å². The van der Waals surface area contributed by atoms with E-state index in [4.69, 9.17) is 0 Å². The van der Waals surface area contributed by atoms with E-state index in [1.165, 1.54) is 64.2 Å². The fraction of sp³-hybridized carbons (Fsp3) is 0.875. The van der Waals surface area contributed by atoms with Crippen molar-refractivity contribution in [3.63, 3.8) is 0 Å². The molecule has 16 heavy (non-hydrogen) atoms. The smallest absolute Gasteiger partial charge is 0.0205 e. The van der Waals surface area contributed by atoms with Crippen molar-refractivity contribution in [2.24, 2.45) is 11.8 Å². The van der Waals surface area contributed by atoms with Gasteiger partial charge in [-0.15, -0.1) is 0 Å². The Morgan fingerprint density at radius 2 is 1.81 bits per heavy atom. The third-order valence-corrected chi connectivity index (χ3v) is 3.98. The Morgan fingerprint density at radius 3 is 2.44 bits per heavy atom. The van der Waals surface area contributed by atoms with Gasteiger partial charge in [-0.2, -0.15) is 0 Å². The Morgan fingerprint density at radius 1 is 1.06 bits per heavy atom. The first-order chi connectivity index (χ1) is 7.88. The predicted molar refractivity (Wildman–Crippen MR) is 73.6 cm³/mol. The molecule has 0 aromatic carbocycles. The van der Waals surface area contributed by atoms with Gasteiger partial charge in [-0.1, -0.05) is 64.5 Å². The third kappa shape index (κ3) is 5.18. The highest BCUT2D eigenvalue weighted by Crippen LogP contribution is 2.33. The molecule has 0 heteroatoms. The van der Waals surface area contributed by atoms with Crippen LogP contribution in [-0.4, -0.2) is 0 Å². The highest BCUT2D eigenvalue weighted by atomic mass is 14.3. The molecule has 0 aliphatic heterocycles. The molecule has 0 heterocycles. The van der Waals surface area contributed by atoms with E-state index in [2.05, 4.69) is 26.0 Å². The van der Waals surface area contributed by atoms with Crippen molar-refractivity contribution in [1.29, 1.82) is 0 Å². The van der Waals surface area contributed by atoms with Crippen LogP contribution in [0.4, 0.5) is 0 Å². The molecule has 0 aromatic rings. The lowest BCUT2D eigenvalue weighted by atomic mass is 9.78. The molecule has 0 saturated heterocycles. The van der Waals surface area contributed by atoms with Gasteiger partial charge in [0.25, 0.3) is 0 Å². The molecule has 0 N–H and O–H groups in total. The molecule has 1 saturated carbocycles. The summed E-state index contributed by atoms with van der Waals surface area (Å²) in [5.74, 6) is 1.90. The summed E-state index contributed by atoms with van der Waals surface area (Å²) in [6.07, 6.45) is 19.2. The summed E-state index contributed by atoms with van der Waals surface area (Å²) in [7, 11) is 0. The molecule has 0 nitrogen and oxygen atoms in total. The van der Waals surface area contributed by atoms with E-state index < -0.39 is 0 Å². The topological polar surface area (TPSA) is 0 Å². The molecule has 1 fully saturated rings. The van der Waals surface area contributed by atoms with Crippen LogP contribution in [0.1, 0.15) is 78.1 Å². The molecule has 0 bridgehead atoms. The summed E-state index contributed by atoms with van der Waals surface area (Å²) >= 11 is 0. The molecule has 94 valence electrons. The first-order valence-corrected chi connectivity index (χ1v) is 7.55. The first-order valence-electron chi connectivity index (χ1n) is 7.55. The quantitative estimate of drug-likeness (QED) is 0.381. The maximum absolute atomic E-state index is 2.55. The molecule has 0 spiro atoms. The normalized spacial score (nSPS) is 20.4. The van der Waals surface area contributed by atoms with Gasteiger partial charge in [-0.25, -0.2) is 0 Å². The van der Waals surface area contributed by atoms with Crippen molar-refractivity contribution in [3.8, 4) is 0 Å². The van der Waals surface area contributed by atoms with Crippen LogP contribution in [0.3, 0.4) is 0 Å². The van der Waals surface area contributed by atoms with Gasteiger partial charge in [-0.3, -0.25) is 0 Å². The monoisotopic (exact) mass is 222 g/mol. The largest absolute Gasteiger partial charge is 0.0882 e. The van der Waals surface area contributed by atoms with E-state index in [0.29, 0.717) is 0 Å². The van der Waals surface area contributed by atoms with Crippen LogP contribution in [0.25, 0.3) is 0 Å². The van der Waals surface area contributed by atoms with E-state index in [0.717, 1.165) is 11.8 Å². The highest BCUT2D eigenvalue weighted by Gasteiger charge is 2.20. The molecule has 1 aliphatic rings. The van der Waals surface area contributed by atoms with Gasteiger partial charge in [0, 0.05) is 0 Å². The average molecular weight is 222 g/mol. The Balaban J connectivity index is 2.35. The summed E-state index contributed by atoms with van der Waals surface area (Å²) in [6.45, 7) is 4.61. The fourth-order valence-electron chi connectivity index (χ4n) is 2.98. The first kappa shape index (κ1) is 13.8. The van der Waals surface area contributed by atoms with Crippen LogP contribution in [-0.2, 0) is 0 Å². The van der Waals surface area contributed by atoms with Crippen LogP contribution in [0.15, 0.2) is 12.2 Å².